The number of methoxy groups -OCH3 is 1. The molecule has 0 bridgehead atoms. The Morgan fingerprint density at radius 3 is 2.54 bits per heavy atom. The third-order valence-electron chi connectivity index (χ3n) is 4.37. The second-order valence-electron chi connectivity index (χ2n) is 6.06. The number of aliphatic imine (C=N–C) groups is 1. The van der Waals surface area contributed by atoms with Crippen LogP contribution in [0.3, 0.4) is 0 Å². The van der Waals surface area contributed by atoms with Crippen LogP contribution in [0, 0.1) is 5.82 Å². The largest absolute Gasteiger partial charge is 0.375 e. The highest BCUT2D eigenvalue weighted by Crippen LogP contribution is 2.16. The molecule has 0 aromatic heterocycles. The van der Waals surface area contributed by atoms with E-state index in [1.165, 1.54) is 44.5 Å². The number of ether oxygens (including phenoxy) is 1. The molecule has 1 aromatic rings. The van der Waals surface area contributed by atoms with E-state index in [1.54, 1.807) is 26.3 Å². The van der Waals surface area contributed by atoms with E-state index in [1.807, 2.05) is 0 Å². The van der Waals surface area contributed by atoms with Crippen LogP contribution in [-0.4, -0.2) is 57.7 Å². The summed E-state index contributed by atoms with van der Waals surface area (Å²) in [4.78, 5) is 6.73. The van der Waals surface area contributed by atoms with Crippen molar-refractivity contribution in [3.63, 3.8) is 0 Å². The number of benzene rings is 1. The van der Waals surface area contributed by atoms with E-state index in [-0.39, 0.29) is 11.9 Å². The van der Waals surface area contributed by atoms with Crippen LogP contribution in [0.2, 0.25) is 0 Å². The maximum absolute atomic E-state index is 13.0. The highest BCUT2D eigenvalue weighted by molar-refractivity contribution is 5.79. The van der Waals surface area contributed by atoms with Gasteiger partial charge < -0.3 is 20.3 Å². The van der Waals surface area contributed by atoms with Gasteiger partial charge in [0.05, 0.1) is 6.10 Å². The Hall–Kier alpha value is -1.66. The predicted octanol–water partition coefficient (Wildman–Crippen LogP) is 2.16. The third kappa shape index (κ3) is 6.09. The van der Waals surface area contributed by atoms with Crippen LogP contribution in [0.25, 0.3) is 0 Å². The molecule has 2 N–H and O–H groups in total. The normalized spacial score (nSPS) is 17.5. The molecule has 0 aliphatic carbocycles. The summed E-state index contributed by atoms with van der Waals surface area (Å²) < 4.78 is 18.5. The van der Waals surface area contributed by atoms with E-state index in [9.17, 15) is 4.39 Å². The third-order valence-corrected chi connectivity index (χ3v) is 4.37. The average Bonchev–Trinajstić information content (AvgIpc) is 2.63. The molecule has 2 rings (SSSR count). The molecule has 1 aromatic carbocycles. The first-order valence-electron chi connectivity index (χ1n) is 8.68. The van der Waals surface area contributed by atoms with Crippen LogP contribution in [0.5, 0.6) is 0 Å². The molecule has 1 heterocycles. The molecule has 0 amide bonds. The molecule has 24 heavy (non-hydrogen) atoms. The van der Waals surface area contributed by atoms with Gasteiger partial charge in [-0.15, -0.1) is 0 Å². The van der Waals surface area contributed by atoms with Crippen LogP contribution >= 0.6 is 0 Å². The summed E-state index contributed by atoms with van der Waals surface area (Å²) in [7, 11) is 3.41. The molecule has 1 fully saturated rings. The second-order valence-corrected chi connectivity index (χ2v) is 6.06. The monoisotopic (exact) mass is 336 g/mol. The maximum atomic E-state index is 13.0. The molecule has 0 saturated carbocycles. The number of hydrogen-bond donors (Lipinski definition) is 2. The zero-order valence-electron chi connectivity index (χ0n) is 14.7. The number of piperidine rings is 1. The maximum Gasteiger partial charge on any atom is 0.191 e. The predicted molar refractivity (Wildman–Crippen MR) is 95.8 cm³/mol. The summed E-state index contributed by atoms with van der Waals surface area (Å²) in [5.41, 5.74) is 0.940. The standard InChI is InChI=1S/C18H29FN4O/c1-20-18(21-10-13-23-11-4-3-5-12-23)22-14-17(24-2)15-6-8-16(19)9-7-15/h6-9,17H,3-5,10-14H2,1-2H3,(H2,20,21,22). The lowest BCUT2D eigenvalue weighted by atomic mass is 10.1. The molecular formula is C18H29FN4O. The summed E-state index contributed by atoms with van der Waals surface area (Å²) in [6.45, 7) is 4.87. The number of halogens is 1. The van der Waals surface area contributed by atoms with Crippen molar-refractivity contribution < 1.29 is 9.13 Å². The fraction of sp³-hybridized carbons (Fsp3) is 0.611. The molecule has 0 spiro atoms. The van der Waals surface area contributed by atoms with Crippen LogP contribution in [0.4, 0.5) is 4.39 Å². The second kappa shape index (κ2) is 10.3. The van der Waals surface area contributed by atoms with Gasteiger partial charge in [-0.3, -0.25) is 4.99 Å². The van der Waals surface area contributed by atoms with Gasteiger partial charge in [0.25, 0.3) is 0 Å². The SMILES string of the molecule is CN=C(NCCN1CCCCC1)NCC(OC)c1ccc(F)cc1. The zero-order valence-corrected chi connectivity index (χ0v) is 14.7. The molecule has 1 unspecified atom stereocenters. The van der Waals surface area contributed by atoms with E-state index >= 15 is 0 Å². The van der Waals surface area contributed by atoms with Gasteiger partial charge >= 0.3 is 0 Å². The zero-order chi connectivity index (χ0) is 17.2. The van der Waals surface area contributed by atoms with Gasteiger partial charge in [0.2, 0.25) is 0 Å². The molecule has 1 aliphatic heterocycles. The summed E-state index contributed by atoms with van der Waals surface area (Å²) in [5, 5.41) is 6.61. The molecular weight excluding hydrogens is 307 g/mol. The minimum atomic E-state index is -0.239. The number of guanidine groups is 1. The van der Waals surface area contributed by atoms with E-state index < -0.39 is 0 Å². The lowest BCUT2D eigenvalue weighted by Gasteiger charge is -2.26. The van der Waals surface area contributed by atoms with Crippen molar-refractivity contribution in [2.75, 3.05) is 46.9 Å². The lowest BCUT2D eigenvalue weighted by molar-refractivity contribution is 0.106. The van der Waals surface area contributed by atoms with Crippen LogP contribution in [0.15, 0.2) is 29.3 Å². The fourth-order valence-corrected chi connectivity index (χ4v) is 2.94. The molecule has 1 aliphatic rings. The number of nitrogens with one attached hydrogen (secondary N) is 2. The van der Waals surface area contributed by atoms with Crippen LogP contribution in [-0.2, 0) is 4.74 Å². The Kier molecular flexibility index (Phi) is 7.98. The van der Waals surface area contributed by atoms with E-state index in [0.717, 1.165) is 24.6 Å². The molecule has 0 radical (unpaired) electrons. The molecule has 6 heteroatoms. The van der Waals surface area contributed by atoms with E-state index in [0.29, 0.717) is 6.54 Å². The van der Waals surface area contributed by atoms with E-state index in [4.69, 9.17) is 4.74 Å². The minimum absolute atomic E-state index is 0.147. The Balaban J connectivity index is 1.74. The topological polar surface area (TPSA) is 48.9 Å². The van der Waals surface area contributed by atoms with Crippen molar-refractivity contribution in [2.24, 2.45) is 4.99 Å². The quantitative estimate of drug-likeness (QED) is 0.592. The van der Waals surface area contributed by atoms with Crippen LogP contribution in [0.1, 0.15) is 30.9 Å². The molecule has 5 nitrogen and oxygen atoms in total. The average molecular weight is 336 g/mol. The first-order chi connectivity index (χ1) is 11.7. The Morgan fingerprint density at radius 2 is 1.92 bits per heavy atom. The number of rotatable bonds is 7. The van der Waals surface area contributed by atoms with Crippen molar-refractivity contribution in [1.82, 2.24) is 15.5 Å². The van der Waals surface area contributed by atoms with Crippen molar-refractivity contribution in [1.29, 1.82) is 0 Å². The first kappa shape index (κ1) is 18.7. The summed E-state index contributed by atoms with van der Waals surface area (Å²) in [6.07, 6.45) is 3.82. The fourth-order valence-electron chi connectivity index (χ4n) is 2.94. The van der Waals surface area contributed by atoms with Gasteiger partial charge in [0, 0.05) is 33.8 Å². The first-order valence-corrected chi connectivity index (χ1v) is 8.68. The summed E-state index contributed by atoms with van der Waals surface area (Å²) >= 11 is 0. The highest BCUT2D eigenvalue weighted by Gasteiger charge is 2.12. The molecule has 134 valence electrons. The van der Waals surface area contributed by atoms with Gasteiger partial charge in [-0.25, -0.2) is 4.39 Å². The van der Waals surface area contributed by atoms with Gasteiger partial charge in [-0.1, -0.05) is 18.6 Å². The van der Waals surface area contributed by atoms with Gasteiger partial charge in [0.15, 0.2) is 5.96 Å². The van der Waals surface area contributed by atoms with Crippen molar-refractivity contribution in [3.8, 4) is 0 Å². The smallest absolute Gasteiger partial charge is 0.191 e. The number of likely N-dealkylation sites (tertiary alicyclic amines) is 1. The van der Waals surface area contributed by atoms with Crippen molar-refractivity contribution in [3.05, 3.63) is 35.6 Å². The Morgan fingerprint density at radius 1 is 1.21 bits per heavy atom. The van der Waals surface area contributed by atoms with E-state index in [2.05, 4.69) is 20.5 Å². The summed E-state index contributed by atoms with van der Waals surface area (Å²) in [6, 6.07) is 6.40. The van der Waals surface area contributed by atoms with Crippen molar-refractivity contribution in [2.45, 2.75) is 25.4 Å². The van der Waals surface area contributed by atoms with Gasteiger partial charge in [-0.05, 0) is 43.6 Å². The summed E-state index contributed by atoms with van der Waals surface area (Å²) in [5.74, 6) is 0.521. The minimum Gasteiger partial charge on any atom is -0.375 e. The van der Waals surface area contributed by atoms with Crippen LogP contribution < -0.4 is 10.6 Å². The lowest BCUT2D eigenvalue weighted by Crippen LogP contribution is -2.43. The van der Waals surface area contributed by atoms with Crippen molar-refractivity contribution >= 4 is 5.96 Å². The van der Waals surface area contributed by atoms with Gasteiger partial charge in [-0.2, -0.15) is 0 Å². The molecule has 1 saturated heterocycles. The Bertz CT molecular complexity index is 500. The number of nitrogens with zero attached hydrogens (tertiary/aromatic N) is 2. The van der Waals surface area contributed by atoms with Gasteiger partial charge in [0.1, 0.15) is 5.82 Å². The highest BCUT2D eigenvalue weighted by atomic mass is 19.1. The Labute approximate surface area is 144 Å². The number of hydrogen-bond acceptors (Lipinski definition) is 3. The molecule has 1 atom stereocenters.